The Morgan fingerprint density at radius 2 is 2.09 bits per heavy atom. The molecule has 1 saturated heterocycles. The monoisotopic (exact) mass is 330 g/mol. The first-order valence-corrected chi connectivity index (χ1v) is 8.46. The first-order chi connectivity index (χ1) is 10.9. The molecule has 23 heavy (non-hydrogen) atoms. The predicted molar refractivity (Wildman–Crippen MR) is 90.4 cm³/mol. The summed E-state index contributed by atoms with van der Waals surface area (Å²) >= 11 is 1.57. The van der Waals surface area contributed by atoms with Gasteiger partial charge in [0.15, 0.2) is 0 Å². The van der Waals surface area contributed by atoms with Crippen LogP contribution in [0.5, 0.6) is 0 Å². The number of imide groups is 1. The van der Waals surface area contributed by atoms with Crippen molar-refractivity contribution in [1.82, 2.24) is 9.78 Å². The Kier molecular flexibility index (Phi) is 3.89. The van der Waals surface area contributed by atoms with Crippen LogP contribution in [0.2, 0.25) is 0 Å². The molecule has 3 rings (SSSR count). The van der Waals surface area contributed by atoms with E-state index in [1.165, 1.54) is 4.90 Å². The van der Waals surface area contributed by atoms with Crippen molar-refractivity contribution in [3.63, 3.8) is 0 Å². The first kappa shape index (κ1) is 15.6. The molecule has 6 nitrogen and oxygen atoms in total. The second kappa shape index (κ2) is 5.73. The van der Waals surface area contributed by atoms with E-state index < -0.39 is 5.92 Å². The summed E-state index contributed by atoms with van der Waals surface area (Å²) in [6.45, 7) is 1.81. The van der Waals surface area contributed by atoms with Gasteiger partial charge < -0.3 is 5.73 Å². The van der Waals surface area contributed by atoms with E-state index in [9.17, 15) is 9.59 Å². The van der Waals surface area contributed by atoms with Crippen LogP contribution in [0.1, 0.15) is 23.6 Å². The Hall–Kier alpha value is -2.28. The van der Waals surface area contributed by atoms with Gasteiger partial charge in [0.25, 0.3) is 0 Å². The van der Waals surface area contributed by atoms with Crippen molar-refractivity contribution >= 4 is 35.1 Å². The minimum atomic E-state index is -0.561. The summed E-state index contributed by atoms with van der Waals surface area (Å²) in [4.78, 5) is 27.5. The van der Waals surface area contributed by atoms with Crippen LogP contribution in [0, 0.1) is 6.92 Å². The number of nitrogens with two attached hydrogens (primary N) is 1. The second-order valence-electron chi connectivity index (χ2n) is 5.53. The van der Waals surface area contributed by atoms with Crippen molar-refractivity contribution in [1.29, 1.82) is 0 Å². The average Bonchev–Trinajstić information content (AvgIpc) is 2.95. The Balaban J connectivity index is 2.00. The first-order valence-electron chi connectivity index (χ1n) is 7.24. The number of thioether (sulfide) groups is 1. The fourth-order valence-electron chi connectivity index (χ4n) is 3.00. The predicted octanol–water partition coefficient (Wildman–Crippen LogP) is 2.08. The number of amides is 2. The van der Waals surface area contributed by atoms with Crippen LogP contribution >= 0.6 is 11.8 Å². The van der Waals surface area contributed by atoms with Crippen LogP contribution in [0.3, 0.4) is 0 Å². The number of aromatic nitrogens is 2. The van der Waals surface area contributed by atoms with Gasteiger partial charge in [0, 0.05) is 23.9 Å². The highest BCUT2D eigenvalue weighted by atomic mass is 32.2. The van der Waals surface area contributed by atoms with Gasteiger partial charge in [0.2, 0.25) is 11.8 Å². The number of nitrogens with zero attached hydrogens (tertiary/aromatic N) is 3. The molecule has 1 aliphatic heterocycles. The summed E-state index contributed by atoms with van der Waals surface area (Å²) in [5.74, 6) is -0.570. The molecule has 2 aromatic rings. The fourth-order valence-corrected chi connectivity index (χ4v) is 3.45. The Morgan fingerprint density at radius 3 is 2.70 bits per heavy atom. The molecule has 1 aliphatic rings. The van der Waals surface area contributed by atoms with E-state index in [4.69, 9.17) is 5.73 Å². The van der Waals surface area contributed by atoms with Gasteiger partial charge in [-0.3, -0.25) is 14.3 Å². The van der Waals surface area contributed by atoms with E-state index >= 15 is 0 Å². The summed E-state index contributed by atoms with van der Waals surface area (Å²) in [6.07, 6.45) is 2.08. The van der Waals surface area contributed by atoms with Gasteiger partial charge in [0.05, 0.1) is 17.3 Å². The van der Waals surface area contributed by atoms with Crippen molar-refractivity contribution in [2.45, 2.75) is 24.2 Å². The summed E-state index contributed by atoms with van der Waals surface area (Å²) in [5.41, 5.74) is 7.99. The quantitative estimate of drug-likeness (QED) is 0.688. The zero-order valence-corrected chi connectivity index (χ0v) is 14.1. The largest absolute Gasteiger partial charge is 0.384 e. The minimum Gasteiger partial charge on any atom is -0.384 e. The van der Waals surface area contributed by atoms with Gasteiger partial charge in [-0.15, -0.1) is 11.8 Å². The highest BCUT2D eigenvalue weighted by Crippen LogP contribution is 2.37. The fraction of sp³-hybridized carbons (Fsp3) is 0.312. The molecule has 0 aliphatic carbocycles. The van der Waals surface area contributed by atoms with E-state index in [1.807, 2.05) is 24.5 Å². The van der Waals surface area contributed by atoms with E-state index in [-0.39, 0.29) is 18.2 Å². The normalized spacial score (nSPS) is 18.0. The maximum absolute atomic E-state index is 12.8. The molecule has 1 fully saturated rings. The van der Waals surface area contributed by atoms with Crippen LogP contribution in [-0.2, 0) is 16.6 Å². The van der Waals surface area contributed by atoms with Crippen molar-refractivity contribution in [3.05, 3.63) is 35.5 Å². The molecule has 1 unspecified atom stereocenters. The minimum absolute atomic E-state index is 0.124. The summed E-state index contributed by atoms with van der Waals surface area (Å²) in [6, 6.07) is 7.42. The lowest BCUT2D eigenvalue weighted by molar-refractivity contribution is -0.121. The van der Waals surface area contributed by atoms with E-state index in [0.717, 1.165) is 4.90 Å². The number of anilines is 2. The number of benzene rings is 1. The lowest BCUT2D eigenvalue weighted by atomic mass is 9.97. The average molecular weight is 330 g/mol. The molecule has 2 N–H and O–H groups in total. The highest BCUT2D eigenvalue weighted by Gasteiger charge is 2.42. The van der Waals surface area contributed by atoms with E-state index in [2.05, 4.69) is 5.10 Å². The number of carbonyl (C=O) groups is 2. The van der Waals surface area contributed by atoms with Crippen LogP contribution < -0.4 is 10.6 Å². The van der Waals surface area contributed by atoms with Gasteiger partial charge in [-0.1, -0.05) is 6.07 Å². The third kappa shape index (κ3) is 2.50. The Bertz CT molecular complexity index is 799. The van der Waals surface area contributed by atoms with Crippen LogP contribution in [-0.4, -0.2) is 27.9 Å². The molecular formula is C16H18N4O2S. The standard InChI is InChI=1S/C16H18N4O2S/c1-9-14(15(17)19(2)18-9)12-8-13(21)20(16(12)22)10-5-4-6-11(7-10)23-3/h4-7,12H,8,17H2,1-3H3. The molecule has 2 amide bonds. The van der Waals surface area contributed by atoms with Crippen LogP contribution in [0.4, 0.5) is 11.5 Å². The highest BCUT2D eigenvalue weighted by molar-refractivity contribution is 7.98. The maximum atomic E-state index is 12.8. The molecule has 0 spiro atoms. The van der Waals surface area contributed by atoms with E-state index in [1.54, 1.807) is 36.5 Å². The molecule has 0 saturated carbocycles. The van der Waals surface area contributed by atoms with Gasteiger partial charge in [0.1, 0.15) is 5.82 Å². The van der Waals surface area contributed by atoms with Crippen LogP contribution in [0.15, 0.2) is 29.2 Å². The van der Waals surface area contributed by atoms with Crippen molar-refractivity contribution < 1.29 is 9.59 Å². The lowest BCUT2D eigenvalue weighted by Crippen LogP contribution is -2.30. The Morgan fingerprint density at radius 1 is 1.35 bits per heavy atom. The topological polar surface area (TPSA) is 81.2 Å². The zero-order valence-electron chi connectivity index (χ0n) is 13.2. The van der Waals surface area contributed by atoms with Crippen molar-refractivity contribution in [3.8, 4) is 0 Å². The van der Waals surface area contributed by atoms with Crippen molar-refractivity contribution in [2.75, 3.05) is 16.9 Å². The molecule has 1 aromatic heterocycles. The smallest absolute Gasteiger partial charge is 0.242 e. The van der Waals surface area contributed by atoms with Gasteiger partial charge >= 0.3 is 0 Å². The summed E-state index contributed by atoms with van der Waals surface area (Å²) < 4.78 is 1.54. The third-order valence-electron chi connectivity index (χ3n) is 4.12. The summed E-state index contributed by atoms with van der Waals surface area (Å²) in [5, 5.41) is 4.25. The molecular weight excluding hydrogens is 312 g/mol. The van der Waals surface area contributed by atoms with Crippen molar-refractivity contribution in [2.24, 2.45) is 7.05 Å². The number of aryl methyl sites for hydroxylation is 2. The molecule has 7 heteroatoms. The molecule has 0 radical (unpaired) electrons. The molecule has 120 valence electrons. The number of rotatable bonds is 3. The lowest BCUT2D eigenvalue weighted by Gasteiger charge is -2.16. The van der Waals surface area contributed by atoms with Gasteiger partial charge in [-0.05, 0) is 31.4 Å². The molecule has 1 atom stereocenters. The zero-order chi connectivity index (χ0) is 16.7. The maximum Gasteiger partial charge on any atom is 0.242 e. The second-order valence-corrected chi connectivity index (χ2v) is 6.41. The van der Waals surface area contributed by atoms with Gasteiger partial charge in [-0.25, -0.2) is 4.90 Å². The SMILES string of the molecule is CSc1cccc(N2C(=O)CC(c3c(C)nn(C)c3N)C2=O)c1. The Labute approximate surface area is 138 Å². The number of hydrogen-bond donors (Lipinski definition) is 1. The number of nitrogen functional groups attached to an aromatic ring is 1. The number of hydrogen-bond acceptors (Lipinski definition) is 5. The number of carbonyl (C=O) groups excluding carboxylic acids is 2. The van der Waals surface area contributed by atoms with E-state index in [0.29, 0.717) is 22.8 Å². The molecule has 0 bridgehead atoms. The van der Waals surface area contributed by atoms with Gasteiger partial charge in [-0.2, -0.15) is 5.10 Å². The molecule has 1 aromatic carbocycles. The third-order valence-corrected chi connectivity index (χ3v) is 4.85. The summed E-state index contributed by atoms with van der Waals surface area (Å²) in [7, 11) is 1.73. The molecule has 2 heterocycles. The van der Waals surface area contributed by atoms with Crippen LogP contribution in [0.25, 0.3) is 0 Å².